The van der Waals surface area contributed by atoms with Crippen LogP contribution in [0.25, 0.3) is 0 Å². The van der Waals surface area contributed by atoms with Gasteiger partial charge < -0.3 is 10.8 Å². The average molecular weight is 159 g/mol. The van der Waals surface area contributed by atoms with Crippen molar-refractivity contribution in [2.24, 2.45) is 17.1 Å². The van der Waals surface area contributed by atoms with Crippen LogP contribution in [0.5, 0.6) is 0 Å². The second-order valence-electron chi connectivity index (χ2n) is 4.55. The van der Waals surface area contributed by atoms with Crippen LogP contribution < -0.4 is 5.73 Å². The summed E-state index contributed by atoms with van der Waals surface area (Å²) in [5.74, 6) is 0.306. The Labute approximate surface area is 69.8 Å². The Hall–Kier alpha value is -0.0800. The predicted molar refractivity (Wildman–Crippen MR) is 48.3 cm³/mol. The first kappa shape index (κ1) is 10.9. The minimum atomic E-state index is -0.339. The van der Waals surface area contributed by atoms with Crippen molar-refractivity contribution in [1.29, 1.82) is 0 Å². The zero-order chi connectivity index (χ0) is 9.07. The monoisotopic (exact) mass is 159 g/mol. The molecule has 0 spiro atoms. The molecule has 0 heterocycles. The van der Waals surface area contributed by atoms with E-state index in [0.717, 1.165) is 6.42 Å². The molecule has 0 aromatic heterocycles. The molecule has 2 nitrogen and oxygen atoms in total. The predicted octanol–water partition coefficient (Wildman–Crippen LogP) is 1.38. The van der Waals surface area contributed by atoms with Crippen LogP contribution in [0.15, 0.2) is 0 Å². The lowest BCUT2D eigenvalue weighted by molar-refractivity contribution is 0.0981. The molecule has 68 valence electrons. The molecule has 2 atom stereocenters. The van der Waals surface area contributed by atoms with Crippen LogP contribution in [0.1, 0.15) is 34.1 Å². The van der Waals surface area contributed by atoms with Crippen LogP contribution in [0.2, 0.25) is 0 Å². The van der Waals surface area contributed by atoms with Crippen molar-refractivity contribution < 1.29 is 5.11 Å². The van der Waals surface area contributed by atoms with E-state index in [-0.39, 0.29) is 11.5 Å². The lowest BCUT2D eigenvalue weighted by Gasteiger charge is -2.25. The summed E-state index contributed by atoms with van der Waals surface area (Å²) in [5.41, 5.74) is 5.63. The fraction of sp³-hybridized carbons (Fsp3) is 1.00. The summed E-state index contributed by atoms with van der Waals surface area (Å²) in [4.78, 5) is 0. The number of rotatable bonds is 3. The number of hydrogen-bond acceptors (Lipinski definition) is 2. The molecule has 11 heavy (non-hydrogen) atoms. The average Bonchev–Trinajstić information content (AvgIpc) is 1.82. The van der Waals surface area contributed by atoms with Crippen LogP contribution in [-0.4, -0.2) is 17.8 Å². The van der Waals surface area contributed by atoms with Crippen molar-refractivity contribution in [1.82, 2.24) is 0 Å². The number of aliphatic hydroxyl groups excluding tert-OH is 1. The topological polar surface area (TPSA) is 46.2 Å². The Morgan fingerprint density at radius 1 is 1.36 bits per heavy atom. The molecule has 0 aliphatic heterocycles. The Morgan fingerprint density at radius 2 is 1.82 bits per heavy atom. The smallest absolute Gasteiger partial charge is 0.0688 e. The third-order valence-electron chi connectivity index (χ3n) is 1.83. The van der Waals surface area contributed by atoms with Crippen molar-refractivity contribution >= 4 is 0 Å². The summed E-state index contributed by atoms with van der Waals surface area (Å²) >= 11 is 0. The maximum Gasteiger partial charge on any atom is 0.0688 e. The molecule has 0 saturated carbocycles. The minimum Gasteiger partial charge on any atom is -0.392 e. The third kappa shape index (κ3) is 5.22. The fourth-order valence-corrected chi connectivity index (χ4v) is 1.33. The summed E-state index contributed by atoms with van der Waals surface area (Å²) in [6.45, 7) is 8.94. The van der Waals surface area contributed by atoms with Gasteiger partial charge in [0.25, 0.3) is 0 Å². The quantitative estimate of drug-likeness (QED) is 0.653. The molecule has 0 aliphatic rings. The molecule has 0 amide bonds. The van der Waals surface area contributed by atoms with E-state index >= 15 is 0 Å². The van der Waals surface area contributed by atoms with E-state index in [2.05, 4.69) is 20.8 Å². The van der Waals surface area contributed by atoms with Gasteiger partial charge in [0.15, 0.2) is 0 Å². The van der Waals surface area contributed by atoms with E-state index in [9.17, 15) is 5.11 Å². The van der Waals surface area contributed by atoms with Crippen LogP contribution in [0.3, 0.4) is 0 Å². The van der Waals surface area contributed by atoms with Gasteiger partial charge in [-0.3, -0.25) is 0 Å². The van der Waals surface area contributed by atoms with E-state index in [1.165, 1.54) is 0 Å². The largest absolute Gasteiger partial charge is 0.392 e. The molecular formula is C9H21NO. The van der Waals surface area contributed by atoms with Crippen LogP contribution >= 0.6 is 0 Å². The molecule has 2 unspecified atom stereocenters. The highest BCUT2D eigenvalue weighted by Gasteiger charge is 2.19. The molecule has 0 aromatic rings. The van der Waals surface area contributed by atoms with Gasteiger partial charge in [-0.2, -0.15) is 0 Å². The Morgan fingerprint density at radius 3 is 2.09 bits per heavy atom. The summed E-state index contributed by atoms with van der Waals surface area (Å²) in [6, 6.07) is 0. The molecule has 0 fully saturated rings. The molecule has 3 N–H and O–H groups in total. The van der Waals surface area contributed by atoms with Gasteiger partial charge in [-0.25, -0.2) is 0 Å². The zero-order valence-corrected chi connectivity index (χ0v) is 8.09. The first-order valence-electron chi connectivity index (χ1n) is 4.25. The number of hydrogen-bond donors (Lipinski definition) is 2. The highest BCUT2D eigenvalue weighted by atomic mass is 16.3. The van der Waals surface area contributed by atoms with Crippen LogP contribution in [-0.2, 0) is 0 Å². The summed E-state index contributed by atoms with van der Waals surface area (Å²) < 4.78 is 0. The molecule has 0 aromatic carbocycles. The molecule has 2 heteroatoms. The van der Waals surface area contributed by atoms with Gasteiger partial charge in [-0.1, -0.05) is 27.7 Å². The molecule has 0 bridgehead atoms. The van der Waals surface area contributed by atoms with E-state index in [0.29, 0.717) is 12.5 Å². The lowest BCUT2D eigenvalue weighted by atomic mass is 9.83. The van der Waals surface area contributed by atoms with E-state index in [4.69, 9.17) is 5.73 Å². The van der Waals surface area contributed by atoms with Gasteiger partial charge in [0.1, 0.15) is 0 Å². The Balaban J connectivity index is 3.77. The van der Waals surface area contributed by atoms with Crippen molar-refractivity contribution in [2.75, 3.05) is 6.54 Å². The van der Waals surface area contributed by atoms with Gasteiger partial charge in [0, 0.05) is 6.54 Å². The van der Waals surface area contributed by atoms with Gasteiger partial charge in [0.05, 0.1) is 6.10 Å². The number of aliphatic hydroxyl groups is 1. The second-order valence-corrected chi connectivity index (χ2v) is 4.55. The SMILES string of the molecule is CC(CC(C)(C)C)C(O)CN. The maximum absolute atomic E-state index is 9.36. The van der Waals surface area contributed by atoms with Crippen molar-refractivity contribution in [3.8, 4) is 0 Å². The van der Waals surface area contributed by atoms with Gasteiger partial charge in [0.2, 0.25) is 0 Å². The maximum atomic E-state index is 9.36. The van der Waals surface area contributed by atoms with Crippen molar-refractivity contribution in [2.45, 2.75) is 40.2 Å². The van der Waals surface area contributed by atoms with Crippen LogP contribution in [0.4, 0.5) is 0 Å². The second kappa shape index (κ2) is 4.07. The summed E-state index contributed by atoms with van der Waals surface area (Å²) in [6.07, 6.45) is 0.681. The first-order chi connectivity index (χ1) is 4.87. The highest BCUT2D eigenvalue weighted by molar-refractivity contribution is 4.72. The first-order valence-corrected chi connectivity index (χ1v) is 4.25. The van der Waals surface area contributed by atoms with Gasteiger partial charge in [-0.15, -0.1) is 0 Å². The van der Waals surface area contributed by atoms with Gasteiger partial charge in [-0.05, 0) is 17.8 Å². The fourth-order valence-electron chi connectivity index (χ4n) is 1.33. The molecule has 0 radical (unpaired) electrons. The Bertz CT molecular complexity index is 107. The Kier molecular flexibility index (Phi) is 4.04. The zero-order valence-electron chi connectivity index (χ0n) is 8.09. The molecular weight excluding hydrogens is 138 g/mol. The minimum absolute atomic E-state index is 0.287. The highest BCUT2D eigenvalue weighted by Crippen LogP contribution is 2.25. The normalized spacial score (nSPS) is 18.0. The standard InChI is InChI=1S/C9H21NO/c1-7(8(11)6-10)5-9(2,3)4/h7-8,11H,5-6,10H2,1-4H3. The number of nitrogens with two attached hydrogens (primary N) is 1. The van der Waals surface area contributed by atoms with Gasteiger partial charge >= 0.3 is 0 Å². The molecule has 0 aliphatic carbocycles. The van der Waals surface area contributed by atoms with Crippen molar-refractivity contribution in [3.63, 3.8) is 0 Å². The molecule has 0 rings (SSSR count). The lowest BCUT2D eigenvalue weighted by Crippen LogP contribution is -2.29. The third-order valence-corrected chi connectivity index (χ3v) is 1.83. The van der Waals surface area contributed by atoms with E-state index < -0.39 is 0 Å². The van der Waals surface area contributed by atoms with E-state index in [1.807, 2.05) is 6.92 Å². The summed E-state index contributed by atoms with van der Waals surface area (Å²) in [5, 5.41) is 9.36. The van der Waals surface area contributed by atoms with Crippen LogP contribution in [0, 0.1) is 11.3 Å². The van der Waals surface area contributed by atoms with E-state index in [1.54, 1.807) is 0 Å². The summed E-state index contributed by atoms with van der Waals surface area (Å²) in [7, 11) is 0. The van der Waals surface area contributed by atoms with Crippen molar-refractivity contribution in [3.05, 3.63) is 0 Å². The molecule has 0 saturated heterocycles.